The van der Waals surface area contributed by atoms with Crippen LogP contribution in [0.15, 0.2) is 70.0 Å². The number of thioether (sulfide) groups is 1. The number of furan rings is 1. The van der Waals surface area contributed by atoms with Gasteiger partial charge in [-0.05, 0) is 42.5 Å². The highest BCUT2D eigenvalue weighted by Gasteiger charge is 2.35. The molecule has 186 valence electrons. The maximum atomic E-state index is 13.2. The van der Waals surface area contributed by atoms with Gasteiger partial charge in [0.15, 0.2) is 4.32 Å². The molecule has 0 unspecified atom stereocenters. The van der Waals surface area contributed by atoms with Crippen molar-refractivity contribution in [1.29, 1.82) is 0 Å². The molecule has 36 heavy (non-hydrogen) atoms. The van der Waals surface area contributed by atoms with Crippen molar-refractivity contribution in [3.8, 4) is 11.3 Å². The van der Waals surface area contributed by atoms with Gasteiger partial charge in [0.2, 0.25) is 0 Å². The number of hydrogen-bond acceptors (Lipinski definition) is 8. The summed E-state index contributed by atoms with van der Waals surface area (Å²) >= 11 is 12.8. The van der Waals surface area contributed by atoms with Gasteiger partial charge in [-0.2, -0.15) is 0 Å². The Kier molecular flexibility index (Phi) is 7.94. The predicted octanol–water partition coefficient (Wildman–Crippen LogP) is 3.45. The van der Waals surface area contributed by atoms with Gasteiger partial charge in [0, 0.05) is 17.2 Å². The van der Waals surface area contributed by atoms with Crippen LogP contribution in [0.4, 0.5) is 5.69 Å². The molecule has 2 heterocycles. The highest BCUT2D eigenvalue weighted by atomic mass is 35.5. The number of anilines is 1. The fourth-order valence-corrected chi connectivity index (χ4v) is 4.93. The lowest BCUT2D eigenvalue weighted by Gasteiger charge is -2.28. The number of carbonyl (C=O) groups excluding carboxylic acids is 2. The molecule has 4 N–H and O–H groups in total. The fraction of sp³-hybridized carbons (Fsp3) is 0.160. The summed E-state index contributed by atoms with van der Waals surface area (Å²) in [7, 11) is 0. The van der Waals surface area contributed by atoms with Crippen LogP contribution >= 0.6 is 35.6 Å². The van der Waals surface area contributed by atoms with E-state index < -0.39 is 31.3 Å². The zero-order chi connectivity index (χ0) is 25.9. The molecule has 0 radical (unpaired) electrons. The first-order valence-corrected chi connectivity index (χ1v) is 12.3. The van der Waals surface area contributed by atoms with Crippen molar-refractivity contribution in [2.75, 3.05) is 24.7 Å². The summed E-state index contributed by atoms with van der Waals surface area (Å²) in [4.78, 5) is 27.5. The molecular formula is C25H21ClN2O6S2. The number of aliphatic hydroxyl groups is 3. The van der Waals surface area contributed by atoms with Crippen molar-refractivity contribution in [2.45, 2.75) is 5.54 Å². The molecule has 4 rings (SSSR count). The standard InChI is InChI=1S/C25H21ClN2O6S2/c26-19-7-2-1-6-18(19)20-9-8-17(34-20)11-21-23(33)28(24(35)36-21)16-5-3-4-15(10-16)22(32)27-25(12-29,13-30)14-31/h1-11,29-31H,12-14H2,(H,27,32)/b21-11+. The van der Waals surface area contributed by atoms with E-state index in [0.29, 0.717) is 27.1 Å². The lowest BCUT2D eigenvalue weighted by molar-refractivity contribution is -0.113. The Morgan fingerprint density at radius 2 is 1.81 bits per heavy atom. The molecule has 1 saturated heterocycles. The summed E-state index contributed by atoms with van der Waals surface area (Å²) in [6.45, 7) is -1.97. The van der Waals surface area contributed by atoms with Crippen molar-refractivity contribution in [1.82, 2.24) is 5.32 Å². The summed E-state index contributed by atoms with van der Waals surface area (Å²) < 4.78 is 6.14. The van der Waals surface area contributed by atoms with Gasteiger partial charge in [-0.3, -0.25) is 14.5 Å². The molecule has 0 spiro atoms. The third kappa shape index (κ3) is 5.24. The zero-order valence-corrected chi connectivity index (χ0v) is 21.1. The van der Waals surface area contributed by atoms with Gasteiger partial charge in [0.05, 0.1) is 35.4 Å². The van der Waals surface area contributed by atoms with Gasteiger partial charge in [-0.15, -0.1) is 0 Å². The van der Waals surface area contributed by atoms with Crippen LogP contribution in [0.3, 0.4) is 0 Å². The number of hydrogen-bond donors (Lipinski definition) is 4. The minimum atomic E-state index is -1.58. The van der Waals surface area contributed by atoms with E-state index in [2.05, 4.69) is 5.32 Å². The Hall–Kier alpha value is -2.99. The average molecular weight is 545 g/mol. The number of amides is 2. The number of carbonyl (C=O) groups is 2. The van der Waals surface area contributed by atoms with Crippen molar-refractivity contribution in [3.63, 3.8) is 0 Å². The second kappa shape index (κ2) is 11.0. The number of thiocarbonyl (C=S) groups is 1. The van der Waals surface area contributed by atoms with E-state index in [9.17, 15) is 24.9 Å². The van der Waals surface area contributed by atoms with E-state index >= 15 is 0 Å². The lowest BCUT2D eigenvalue weighted by atomic mass is 10.0. The summed E-state index contributed by atoms with van der Waals surface area (Å²) in [5, 5.41) is 31.4. The maximum Gasteiger partial charge on any atom is 0.270 e. The van der Waals surface area contributed by atoms with Gasteiger partial charge in [0.25, 0.3) is 11.8 Å². The number of benzene rings is 2. The minimum Gasteiger partial charge on any atom is -0.457 e. The summed E-state index contributed by atoms with van der Waals surface area (Å²) in [5.74, 6) is -0.0102. The first kappa shape index (κ1) is 26.1. The summed E-state index contributed by atoms with van der Waals surface area (Å²) in [5.41, 5.74) is -0.328. The number of rotatable bonds is 8. The van der Waals surface area contributed by atoms with E-state index in [0.717, 1.165) is 17.3 Å². The minimum absolute atomic E-state index is 0.153. The van der Waals surface area contributed by atoms with Gasteiger partial charge in [0.1, 0.15) is 17.1 Å². The molecule has 1 aliphatic rings. The quantitative estimate of drug-likeness (QED) is 0.251. The largest absolute Gasteiger partial charge is 0.457 e. The molecule has 1 aromatic heterocycles. The third-order valence-corrected chi connectivity index (χ3v) is 7.12. The van der Waals surface area contributed by atoms with E-state index in [1.54, 1.807) is 36.4 Å². The Balaban J connectivity index is 1.56. The molecule has 2 aromatic carbocycles. The van der Waals surface area contributed by atoms with Crippen molar-refractivity contribution in [3.05, 3.63) is 81.9 Å². The van der Waals surface area contributed by atoms with Crippen LogP contribution < -0.4 is 10.2 Å². The van der Waals surface area contributed by atoms with Gasteiger partial charge in [-0.1, -0.05) is 53.8 Å². The third-order valence-electron chi connectivity index (χ3n) is 5.49. The van der Waals surface area contributed by atoms with Crippen LogP contribution in [0.5, 0.6) is 0 Å². The molecular weight excluding hydrogens is 524 g/mol. The summed E-state index contributed by atoms with van der Waals surface area (Å²) in [6, 6.07) is 16.9. The number of nitrogens with zero attached hydrogens (tertiary/aromatic N) is 1. The van der Waals surface area contributed by atoms with Crippen LogP contribution in [0.1, 0.15) is 16.1 Å². The lowest BCUT2D eigenvalue weighted by Crippen LogP contribution is -2.57. The normalized spacial score (nSPS) is 15.1. The molecule has 1 aliphatic heterocycles. The molecule has 1 fully saturated rings. The van der Waals surface area contributed by atoms with E-state index in [1.807, 2.05) is 18.2 Å². The SMILES string of the molecule is O=C(NC(CO)(CO)CO)c1cccc(N2C(=O)/C(=C\c3ccc(-c4ccccc4Cl)o3)SC2=S)c1. The molecule has 0 aliphatic carbocycles. The molecule has 8 nitrogen and oxygen atoms in total. The fourth-order valence-electron chi connectivity index (χ4n) is 3.42. The van der Waals surface area contributed by atoms with Gasteiger partial charge >= 0.3 is 0 Å². The predicted molar refractivity (Wildman–Crippen MR) is 143 cm³/mol. The zero-order valence-electron chi connectivity index (χ0n) is 18.7. The first-order chi connectivity index (χ1) is 17.3. The van der Waals surface area contributed by atoms with Crippen molar-refractivity contribution >= 4 is 63.5 Å². The monoisotopic (exact) mass is 544 g/mol. The second-order valence-corrected chi connectivity index (χ2v) is 10.0. The first-order valence-electron chi connectivity index (χ1n) is 10.7. The van der Waals surface area contributed by atoms with Crippen molar-refractivity contribution in [2.24, 2.45) is 0 Å². The van der Waals surface area contributed by atoms with E-state index in [1.165, 1.54) is 17.0 Å². The van der Waals surface area contributed by atoms with Crippen LogP contribution in [0, 0.1) is 0 Å². The Morgan fingerprint density at radius 3 is 2.50 bits per heavy atom. The molecule has 3 aromatic rings. The van der Waals surface area contributed by atoms with Crippen LogP contribution in [0.25, 0.3) is 17.4 Å². The van der Waals surface area contributed by atoms with Gasteiger partial charge < -0.3 is 25.1 Å². The number of aliphatic hydroxyl groups excluding tert-OH is 3. The smallest absolute Gasteiger partial charge is 0.270 e. The highest BCUT2D eigenvalue weighted by Crippen LogP contribution is 2.37. The maximum absolute atomic E-state index is 13.2. The molecule has 0 atom stereocenters. The second-order valence-electron chi connectivity index (χ2n) is 7.96. The average Bonchev–Trinajstić information content (AvgIpc) is 3.46. The molecule has 0 bridgehead atoms. The highest BCUT2D eigenvalue weighted by molar-refractivity contribution is 8.27. The van der Waals surface area contributed by atoms with Crippen LogP contribution in [-0.2, 0) is 4.79 Å². The summed E-state index contributed by atoms with van der Waals surface area (Å²) in [6.07, 6.45) is 1.59. The van der Waals surface area contributed by atoms with Crippen LogP contribution in [0.2, 0.25) is 5.02 Å². The Bertz CT molecular complexity index is 1340. The van der Waals surface area contributed by atoms with E-state index in [-0.39, 0.29) is 15.8 Å². The Labute approximate surface area is 221 Å². The number of nitrogens with one attached hydrogen (secondary N) is 1. The Morgan fingerprint density at radius 1 is 1.08 bits per heavy atom. The van der Waals surface area contributed by atoms with Gasteiger partial charge in [-0.25, -0.2) is 0 Å². The van der Waals surface area contributed by atoms with E-state index in [4.69, 9.17) is 28.2 Å². The van der Waals surface area contributed by atoms with Crippen LogP contribution in [-0.4, -0.2) is 56.8 Å². The molecule has 11 heteroatoms. The molecule has 2 amide bonds. The van der Waals surface area contributed by atoms with Crippen molar-refractivity contribution < 1.29 is 29.3 Å². The number of halogens is 1. The topological polar surface area (TPSA) is 123 Å². The molecule has 0 saturated carbocycles.